The molecule has 1 fully saturated rings. The molecule has 0 saturated carbocycles. The predicted octanol–water partition coefficient (Wildman–Crippen LogP) is 2.52. The van der Waals surface area contributed by atoms with Gasteiger partial charge >= 0.3 is 5.97 Å². The molecule has 4 nitrogen and oxygen atoms in total. The fourth-order valence-corrected chi connectivity index (χ4v) is 2.94. The van der Waals surface area contributed by atoms with Crippen LogP contribution in [0.3, 0.4) is 0 Å². The van der Waals surface area contributed by atoms with Gasteiger partial charge in [0.15, 0.2) is 0 Å². The smallest absolute Gasteiger partial charge is 0.313 e. The molecule has 1 aliphatic rings. The molecule has 2 unspecified atom stereocenters. The quantitative estimate of drug-likeness (QED) is 0.847. The Morgan fingerprint density at radius 3 is 2.76 bits per heavy atom. The minimum atomic E-state index is -0.501. The molecule has 1 aliphatic heterocycles. The summed E-state index contributed by atoms with van der Waals surface area (Å²) in [4.78, 5) is 12.3. The highest BCUT2D eigenvalue weighted by atomic mass is 16.5. The van der Waals surface area contributed by atoms with Crippen LogP contribution in [0.5, 0.6) is 0 Å². The van der Waals surface area contributed by atoms with Gasteiger partial charge in [-0.2, -0.15) is 0 Å². The number of hydrogen-bond acceptors (Lipinski definition) is 4. The van der Waals surface area contributed by atoms with Gasteiger partial charge in [0.2, 0.25) is 0 Å². The van der Waals surface area contributed by atoms with E-state index in [1.54, 1.807) is 0 Å². The average molecular weight is 291 g/mol. The fraction of sp³-hybridized carbons (Fsp3) is 0.588. The van der Waals surface area contributed by atoms with Crippen LogP contribution in [0.25, 0.3) is 0 Å². The summed E-state index contributed by atoms with van der Waals surface area (Å²) in [6, 6.07) is 10.4. The summed E-state index contributed by atoms with van der Waals surface area (Å²) in [5, 5.41) is 3.31. The Morgan fingerprint density at radius 1 is 1.38 bits per heavy atom. The molecule has 0 spiro atoms. The maximum Gasteiger partial charge on any atom is 0.313 e. The summed E-state index contributed by atoms with van der Waals surface area (Å²) < 4.78 is 11.0. The lowest BCUT2D eigenvalue weighted by molar-refractivity contribution is -0.174. The van der Waals surface area contributed by atoms with Crippen LogP contribution in [-0.4, -0.2) is 30.9 Å². The molecule has 0 aromatic heterocycles. The van der Waals surface area contributed by atoms with Gasteiger partial charge in [-0.25, -0.2) is 0 Å². The standard InChI is InChI=1S/C17H25NO3/c1-4-20-16(19)15-14(18-12-21-17(15,2)3)11-10-13-8-6-5-7-9-13/h5-9,14-15,18H,4,10-12H2,1-3H3. The lowest BCUT2D eigenvalue weighted by Gasteiger charge is -2.42. The third-order valence-corrected chi connectivity index (χ3v) is 4.07. The molecule has 116 valence electrons. The summed E-state index contributed by atoms with van der Waals surface area (Å²) in [6.45, 7) is 6.63. The van der Waals surface area contributed by atoms with Gasteiger partial charge in [0.05, 0.1) is 18.9 Å². The second-order valence-corrected chi connectivity index (χ2v) is 5.96. The summed E-state index contributed by atoms with van der Waals surface area (Å²) in [5.74, 6) is -0.456. The Kier molecular flexibility index (Phi) is 5.37. The zero-order chi connectivity index (χ0) is 15.3. The van der Waals surface area contributed by atoms with Crippen LogP contribution in [0.15, 0.2) is 30.3 Å². The first kappa shape index (κ1) is 16.0. The Morgan fingerprint density at radius 2 is 2.10 bits per heavy atom. The van der Waals surface area contributed by atoms with Crippen molar-refractivity contribution < 1.29 is 14.3 Å². The van der Waals surface area contributed by atoms with Crippen molar-refractivity contribution in [3.8, 4) is 0 Å². The molecule has 1 N–H and O–H groups in total. The Labute approximate surface area is 126 Å². The van der Waals surface area contributed by atoms with Crippen LogP contribution in [-0.2, 0) is 20.7 Å². The summed E-state index contributed by atoms with van der Waals surface area (Å²) >= 11 is 0. The van der Waals surface area contributed by atoms with Crippen LogP contribution in [0.1, 0.15) is 32.8 Å². The molecule has 1 aromatic rings. The van der Waals surface area contributed by atoms with E-state index in [1.165, 1.54) is 5.56 Å². The molecule has 21 heavy (non-hydrogen) atoms. The first-order valence-corrected chi connectivity index (χ1v) is 7.62. The van der Waals surface area contributed by atoms with Crippen molar-refractivity contribution in [2.24, 2.45) is 5.92 Å². The topological polar surface area (TPSA) is 47.6 Å². The normalized spacial score (nSPS) is 24.5. The number of carbonyl (C=O) groups is 1. The summed E-state index contributed by atoms with van der Waals surface area (Å²) in [5.41, 5.74) is 0.782. The highest BCUT2D eigenvalue weighted by Crippen LogP contribution is 2.31. The molecule has 0 bridgehead atoms. The molecule has 0 aliphatic carbocycles. The molecular weight excluding hydrogens is 266 g/mol. The van der Waals surface area contributed by atoms with E-state index in [2.05, 4.69) is 17.4 Å². The van der Waals surface area contributed by atoms with Crippen LogP contribution in [0.2, 0.25) is 0 Å². The van der Waals surface area contributed by atoms with Crippen LogP contribution >= 0.6 is 0 Å². The third kappa shape index (κ3) is 4.05. The molecule has 0 amide bonds. The minimum absolute atomic E-state index is 0.0769. The van der Waals surface area contributed by atoms with Gasteiger partial charge in [-0.05, 0) is 39.2 Å². The van der Waals surface area contributed by atoms with Crippen molar-refractivity contribution >= 4 is 5.97 Å². The monoisotopic (exact) mass is 291 g/mol. The molecule has 1 saturated heterocycles. The number of hydrogen-bond donors (Lipinski definition) is 1. The lowest BCUT2D eigenvalue weighted by atomic mass is 9.81. The van der Waals surface area contributed by atoms with Crippen LogP contribution < -0.4 is 5.32 Å². The number of rotatable bonds is 5. The molecular formula is C17H25NO3. The molecule has 4 heteroatoms. The number of aryl methyl sites for hydroxylation is 1. The van der Waals surface area contributed by atoms with Crippen molar-refractivity contribution in [1.82, 2.24) is 5.32 Å². The fourth-order valence-electron chi connectivity index (χ4n) is 2.94. The van der Waals surface area contributed by atoms with Gasteiger partial charge in [0.25, 0.3) is 0 Å². The van der Waals surface area contributed by atoms with Gasteiger partial charge in [0.1, 0.15) is 5.92 Å². The molecule has 1 aromatic carbocycles. The molecule has 1 heterocycles. The van der Waals surface area contributed by atoms with Crippen molar-refractivity contribution in [1.29, 1.82) is 0 Å². The highest BCUT2D eigenvalue weighted by molar-refractivity contribution is 5.75. The Bertz CT molecular complexity index is 458. The van der Waals surface area contributed by atoms with E-state index in [0.29, 0.717) is 13.3 Å². The number of esters is 1. The van der Waals surface area contributed by atoms with E-state index in [9.17, 15) is 4.79 Å². The second-order valence-electron chi connectivity index (χ2n) is 5.96. The van der Waals surface area contributed by atoms with Gasteiger partial charge in [0, 0.05) is 6.04 Å². The zero-order valence-electron chi connectivity index (χ0n) is 13.1. The maximum absolute atomic E-state index is 12.3. The first-order valence-electron chi connectivity index (χ1n) is 7.62. The lowest BCUT2D eigenvalue weighted by Crippen LogP contribution is -2.58. The largest absolute Gasteiger partial charge is 0.466 e. The highest BCUT2D eigenvalue weighted by Gasteiger charge is 2.45. The van der Waals surface area contributed by atoms with E-state index in [-0.39, 0.29) is 17.9 Å². The molecule has 2 rings (SSSR count). The minimum Gasteiger partial charge on any atom is -0.466 e. The summed E-state index contributed by atoms with van der Waals surface area (Å²) in [7, 11) is 0. The zero-order valence-corrected chi connectivity index (χ0v) is 13.1. The Hall–Kier alpha value is -1.39. The number of benzene rings is 1. The Balaban J connectivity index is 2.05. The van der Waals surface area contributed by atoms with E-state index >= 15 is 0 Å². The third-order valence-electron chi connectivity index (χ3n) is 4.07. The average Bonchev–Trinajstić information content (AvgIpc) is 2.45. The van der Waals surface area contributed by atoms with Crippen molar-refractivity contribution in [2.75, 3.05) is 13.3 Å². The van der Waals surface area contributed by atoms with E-state index in [0.717, 1.165) is 12.8 Å². The predicted molar refractivity (Wildman–Crippen MR) is 81.8 cm³/mol. The first-order chi connectivity index (χ1) is 10.0. The number of nitrogens with one attached hydrogen (secondary N) is 1. The van der Waals surface area contributed by atoms with Crippen LogP contribution in [0.4, 0.5) is 0 Å². The van der Waals surface area contributed by atoms with Crippen molar-refractivity contribution in [2.45, 2.75) is 45.3 Å². The van der Waals surface area contributed by atoms with E-state index in [1.807, 2.05) is 39.0 Å². The van der Waals surface area contributed by atoms with Crippen molar-refractivity contribution in [3.05, 3.63) is 35.9 Å². The van der Waals surface area contributed by atoms with Crippen LogP contribution in [0, 0.1) is 5.92 Å². The number of ether oxygens (including phenoxy) is 2. The van der Waals surface area contributed by atoms with Gasteiger partial charge < -0.3 is 9.47 Å². The SMILES string of the molecule is CCOC(=O)C1C(CCc2ccccc2)NCOC1(C)C. The second kappa shape index (κ2) is 7.05. The van der Waals surface area contributed by atoms with E-state index < -0.39 is 5.60 Å². The van der Waals surface area contributed by atoms with Gasteiger partial charge in [-0.1, -0.05) is 30.3 Å². The summed E-state index contributed by atoms with van der Waals surface area (Å²) in [6.07, 6.45) is 1.82. The van der Waals surface area contributed by atoms with Gasteiger partial charge in [-0.3, -0.25) is 10.1 Å². The van der Waals surface area contributed by atoms with E-state index in [4.69, 9.17) is 9.47 Å². The number of carbonyl (C=O) groups excluding carboxylic acids is 1. The molecule has 0 radical (unpaired) electrons. The van der Waals surface area contributed by atoms with Gasteiger partial charge in [-0.15, -0.1) is 0 Å². The maximum atomic E-state index is 12.3. The molecule has 2 atom stereocenters. The van der Waals surface area contributed by atoms with Crippen molar-refractivity contribution in [3.63, 3.8) is 0 Å².